The fourth-order valence-electron chi connectivity index (χ4n) is 2.76. The van der Waals surface area contributed by atoms with Gasteiger partial charge in [0.2, 0.25) is 0 Å². The summed E-state index contributed by atoms with van der Waals surface area (Å²) in [6, 6.07) is 15.0. The van der Waals surface area contributed by atoms with Crippen molar-refractivity contribution in [2.24, 2.45) is 5.10 Å². The van der Waals surface area contributed by atoms with Gasteiger partial charge in [0, 0.05) is 13.1 Å². The van der Waals surface area contributed by atoms with E-state index in [-0.39, 0.29) is 12.5 Å². The summed E-state index contributed by atoms with van der Waals surface area (Å²) in [6.07, 6.45) is 2.17. The number of hydrogen-bond donors (Lipinski definition) is 1. The Balaban J connectivity index is 1.55. The minimum Gasteiger partial charge on any atom is -0.484 e. The molecule has 1 amide bonds. The Morgan fingerprint density at radius 2 is 1.85 bits per heavy atom. The fraction of sp³-hybridized carbons (Fsp3) is 0.300. The van der Waals surface area contributed by atoms with E-state index < -0.39 is 0 Å². The maximum atomic E-state index is 12.0. The van der Waals surface area contributed by atoms with Gasteiger partial charge in [-0.3, -0.25) is 10.2 Å². The highest BCUT2D eigenvalue weighted by Crippen LogP contribution is 2.20. The SMILES string of the molecule is C/C(=N\Nc1ccccc1Cl)c1ccc(OCC(=O)N2CCCC2)cc1. The quantitative estimate of drug-likeness (QED) is 0.612. The van der Waals surface area contributed by atoms with E-state index in [0.717, 1.165) is 42.9 Å². The first kappa shape index (κ1) is 18.3. The highest BCUT2D eigenvalue weighted by atomic mass is 35.5. The average Bonchev–Trinajstić information content (AvgIpc) is 3.20. The number of anilines is 1. The van der Waals surface area contributed by atoms with Crippen LogP contribution in [0.4, 0.5) is 5.69 Å². The molecule has 2 aromatic rings. The number of nitrogens with one attached hydrogen (secondary N) is 1. The van der Waals surface area contributed by atoms with Crippen molar-refractivity contribution in [2.45, 2.75) is 19.8 Å². The van der Waals surface area contributed by atoms with Gasteiger partial charge in [0.15, 0.2) is 6.61 Å². The number of carbonyl (C=O) groups is 1. The average molecular weight is 372 g/mol. The van der Waals surface area contributed by atoms with Crippen molar-refractivity contribution in [3.8, 4) is 5.75 Å². The lowest BCUT2D eigenvalue weighted by Crippen LogP contribution is -2.32. The van der Waals surface area contributed by atoms with Gasteiger partial charge in [-0.15, -0.1) is 0 Å². The van der Waals surface area contributed by atoms with E-state index in [2.05, 4.69) is 10.5 Å². The summed E-state index contributed by atoms with van der Waals surface area (Å²) in [5, 5.41) is 4.98. The van der Waals surface area contributed by atoms with Gasteiger partial charge >= 0.3 is 0 Å². The molecule has 136 valence electrons. The monoisotopic (exact) mass is 371 g/mol. The molecule has 1 saturated heterocycles. The number of halogens is 1. The van der Waals surface area contributed by atoms with Crippen molar-refractivity contribution in [1.29, 1.82) is 0 Å². The third kappa shape index (κ3) is 4.76. The van der Waals surface area contributed by atoms with Gasteiger partial charge in [0.25, 0.3) is 5.91 Å². The third-order valence-electron chi connectivity index (χ3n) is 4.31. The molecule has 5 nitrogen and oxygen atoms in total. The summed E-state index contributed by atoms with van der Waals surface area (Å²) in [5.41, 5.74) is 5.51. The topological polar surface area (TPSA) is 53.9 Å². The summed E-state index contributed by atoms with van der Waals surface area (Å²) in [4.78, 5) is 13.9. The van der Waals surface area contributed by atoms with Crippen molar-refractivity contribution >= 4 is 28.9 Å². The Hall–Kier alpha value is -2.53. The van der Waals surface area contributed by atoms with Crippen LogP contribution in [0.25, 0.3) is 0 Å². The molecule has 0 saturated carbocycles. The molecule has 0 atom stereocenters. The van der Waals surface area contributed by atoms with Crippen molar-refractivity contribution in [3.63, 3.8) is 0 Å². The third-order valence-corrected chi connectivity index (χ3v) is 4.64. The molecule has 1 fully saturated rings. The zero-order valence-corrected chi connectivity index (χ0v) is 15.5. The van der Waals surface area contributed by atoms with Crippen LogP contribution in [0.5, 0.6) is 5.75 Å². The number of ether oxygens (including phenoxy) is 1. The Morgan fingerprint density at radius 3 is 2.54 bits per heavy atom. The number of rotatable bonds is 6. The molecule has 26 heavy (non-hydrogen) atoms. The molecule has 3 rings (SSSR count). The molecule has 6 heteroatoms. The zero-order chi connectivity index (χ0) is 18.4. The molecule has 0 aromatic heterocycles. The number of likely N-dealkylation sites (tertiary alicyclic amines) is 1. The van der Waals surface area contributed by atoms with E-state index in [4.69, 9.17) is 16.3 Å². The molecule has 1 heterocycles. The minimum atomic E-state index is 0.0493. The van der Waals surface area contributed by atoms with E-state index >= 15 is 0 Å². The second-order valence-corrected chi connectivity index (χ2v) is 6.60. The number of carbonyl (C=O) groups excluding carboxylic acids is 1. The Morgan fingerprint density at radius 1 is 1.15 bits per heavy atom. The van der Waals surface area contributed by atoms with Gasteiger partial charge in [-0.05, 0) is 61.7 Å². The number of nitrogens with zero attached hydrogens (tertiary/aromatic N) is 2. The van der Waals surface area contributed by atoms with Crippen LogP contribution in [-0.4, -0.2) is 36.2 Å². The van der Waals surface area contributed by atoms with Crippen LogP contribution < -0.4 is 10.2 Å². The second kappa shape index (κ2) is 8.72. The first-order valence-corrected chi connectivity index (χ1v) is 9.07. The molecular formula is C20H22ClN3O2. The molecule has 1 aliphatic rings. The first-order valence-electron chi connectivity index (χ1n) is 8.69. The van der Waals surface area contributed by atoms with Crippen LogP contribution in [0, 0.1) is 0 Å². The summed E-state index contributed by atoms with van der Waals surface area (Å²) >= 11 is 6.10. The summed E-state index contributed by atoms with van der Waals surface area (Å²) in [7, 11) is 0. The van der Waals surface area contributed by atoms with E-state index in [1.165, 1.54) is 0 Å². The van der Waals surface area contributed by atoms with Crippen molar-refractivity contribution in [2.75, 3.05) is 25.1 Å². The van der Waals surface area contributed by atoms with Crippen LogP contribution in [0.15, 0.2) is 53.6 Å². The highest BCUT2D eigenvalue weighted by Gasteiger charge is 2.18. The molecule has 0 spiro atoms. The molecule has 2 aromatic carbocycles. The molecule has 1 aliphatic heterocycles. The molecule has 0 aliphatic carbocycles. The van der Waals surface area contributed by atoms with E-state index in [1.807, 2.05) is 60.4 Å². The van der Waals surface area contributed by atoms with Crippen molar-refractivity contribution < 1.29 is 9.53 Å². The van der Waals surface area contributed by atoms with Gasteiger partial charge in [-0.2, -0.15) is 5.10 Å². The van der Waals surface area contributed by atoms with Gasteiger partial charge in [-0.25, -0.2) is 0 Å². The highest BCUT2D eigenvalue weighted by molar-refractivity contribution is 6.33. The predicted octanol–water partition coefficient (Wildman–Crippen LogP) is 4.18. The predicted molar refractivity (Wildman–Crippen MR) is 105 cm³/mol. The van der Waals surface area contributed by atoms with Crippen LogP contribution >= 0.6 is 11.6 Å². The Kier molecular flexibility index (Phi) is 6.12. The van der Waals surface area contributed by atoms with Crippen LogP contribution in [-0.2, 0) is 4.79 Å². The van der Waals surface area contributed by atoms with Crippen LogP contribution in [0.3, 0.4) is 0 Å². The molecule has 0 bridgehead atoms. The molecule has 0 unspecified atom stereocenters. The molecule has 0 radical (unpaired) electrons. The largest absolute Gasteiger partial charge is 0.484 e. The lowest BCUT2D eigenvalue weighted by Gasteiger charge is -2.15. The number of hydrazone groups is 1. The van der Waals surface area contributed by atoms with Gasteiger partial charge in [0.05, 0.1) is 16.4 Å². The normalized spacial score (nSPS) is 14.4. The molecule has 1 N–H and O–H groups in total. The van der Waals surface area contributed by atoms with Gasteiger partial charge < -0.3 is 9.64 Å². The number of amides is 1. The fourth-order valence-corrected chi connectivity index (χ4v) is 2.93. The van der Waals surface area contributed by atoms with Gasteiger partial charge in [0.1, 0.15) is 5.75 Å². The summed E-state index contributed by atoms with van der Waals surface area (Å²) in [6.45, 7) is 3.68. The lowest BCUT2D eigenvalue weighted by atomic mass is 10.1. The van der Waals surface area contributed by atoms with Crippen LogP contribution in [0.1, 0.15) is 25.3 Å². The molecular weight excluding hydrogens is 350 g/mol. The number of para-hydroxylation sites is 1. The number of hydrogen-bond acceptors (Lipinski definition) is 4. The standard InChI is InChI=1S/C20H22ClN3O2/c1-15(22-23-19-7-3-2-6-18(19)21)16-8-10-17(11-9-16)26-14-20(25)24-12-4-5-13-24/h2-3,6-11,23H,4-5,12-14H2,1H3/b22-15+. The van der Waals surface area contributed by atoms with Crippen molar-refractivity contribution in [1.82, 2.24) is 4.90 Å². The summed E-state index contributed by atoms with van der Waals surface area (Å²) < 4.78 is 5.60. The minimum absolute atomic E-state index is 0.0493. The van der Waals surface area contributed by atoms with Crippen molar-refractivity contribution in [3.05, 3.63) is 59.1 Å². The maximum Gasteiger partial charge on any atom is 0.260 e. The Bertz CT molecular complexity index is 784. The number of benzene rings is 2. The van der Waals surface area contributed by atoms with Crippen LogP contribution in [0.2, 0.25) is 5.02 Å². The van der Waals surface area contributed by atoms with E-state index in [1.54, 1.807) is 0 Å². The zero-order valence-electron chi connectivity index (χ0n) is 14.7. The maximum absolute atomic E-state index is 12.0. The lowest BCUT2D eigenvalue weighted by molar-refractivity contribution is -0.132. The summed E-state index contributed by atoms with van der Waals surface area (Å²) in [5.74, 6) is 0.724. The van der Waals surface area contributed by atoms with E-state index in [0.29, 0.717) is 10.8 Å². The smallest absolute Gasteiger partial charge is 0.260 e. The second-order valence-electron chi connectivity index (χ2n) is 6.19. The first-order chi connectivity index (χ1) is 12.6. The Labute approximate surface area is 158 Å². The van der Waals surface area contributed by atoms with Gasteiger partial charge in [-0.1, -0.05) is 23.7 Å². The van der Waals surface area contributed by atoms with E-state index in [9.17, 15) is 4.79 Å².